The molecule has 0 aliphatic heterocycles. The van der Waals surface area contributed by atoms with E-state index >= 15 is 0 Å². The molecule has 0 saturated carbocycles. The molecule has 0 spiro atoms. The molecule has 86 valence electrons. The topological polar surface area (TPSA) is 38.7 Å². The predicted molar refractivity (Wildman–Crippen MR) is 65.0 cm³/mol. The van der Waals surface area contributed by atoms with Crippen LogP contribution in [0.1, 0.15) is 0 Å². The third-order valence-corrected chi connectivity index (χ3v) is 1.98. The maximum absolute atomic E-state index is 7.00. The molecular formula is C13H16O3. The Bertz CT molecular complexity index is 383. The first kappa shape index (κ1) is 12.3. The second-order valence-electron chi connectivity index (χ2n) is 3.05. The van der Waals surface area contributed by atoms with Crippen LogP contribution in [0.5, 0.6) is 11.5 Å². The fourth-order valence-corrected chi connectivity index (χ4v) is 1.32. The maximum Gasteiger partial charge on any atom is 0.169 e. The van der Waals surface area contributed by atoms with Gasteiger partial charge >= 0.3 is 0 Å². The van der Waals surface area contributed by atoms with Crippen LogP contribution in [-0.4, -0.2) is 25.4 Å². The Hall–Kier alpha value is -1.74. The Morgan fingerprint density at radius 2 is 1.75 bits per heavy atom. The van der Waals surface area contributed by atoms with Crippen LogP contribution in [-0.2, 0) is 0 Å². The van der Waals surface area contributed by atoms with Gasteiger partial charge in [-0.2, -0.15) is 0 Å². The summed E-state index contributed by atoms with van der Waals surface area (Å²) >= 11 is 0. The summed E-state index contributed by atoms with van der Waals surface area (Å²) in [6, 6.07) is 4.05. The molecule has 3 heteroatoms. The smallest absolute Gasteiger partial charge is 0.169 e. The van der Waals surface area contributed by atoms with Gasteiger partial charge in [-0.25, -0.2) is 0 Å². The SMILES string of the molecule is C=CCOc1cc2cc-2c1OCC=C.CO. The zero-order valence-electron chi connectivity index (χ0n) is 9.40. The van der Waals surface area contributed by atoms with Crippen molar-refractivity contribution in [3.05, 3.63) is 37.4 Å². The highest BCUT2D eigenvalue weighted by Crippen LogP contribution is 2.51. The zero-order chi connectivity index (χ0) is 12.0. The van der Waals surface area contributed by atoms with Crippen molar-refractivity contribution >= 4 is 0 Å². The van der Waals surface area contributed by atoms with E-state index in [1.807, 2.05) is 6.07 Å². The van der Waals surface area contributed by atoms with Gasteiger partial charge in [0.2, 0.25) is 0 Å². The number of benzene rings is 1. The fourth-order valence-electron chi connectivity index (χ4n) is 1.32. The third kappa shape index (κ3) is 2.64. The fraction of sp³-hybridized carbons (Fsp3) is 0.231. The molecule has 2 aliphatic rings. The summed E-state index contributed by atoms with van der Waals surface area (Å²) in [5.41, 5.74) is 2.37. The van der Waals surface area contributed by atoms with E-state index in [9.17, 15) is 0 Å². The second kappa shape index (κ2) is 5.98. The minimum Gasteiger partial charge on any atom is -0.486 e. The van der Waals surface area contributed by atoms with Crippen LogP contribution in [0.15, 0.2) is 37.4 Å². The molecule has 0 unspecified atom stereocenters. The third-order valence-electron chi connectivity index (χ3n) is 1.98. The molecule has 0 aromatic rings. The van der Waals surface area contributed by atoms with Crippen molar-refractivity contribution in [3.8, 4) is 22.6 Å². The molecule has 0 heterocycles. The van der Waals surface area contributed by atoms with Crippen LogP contribution in [0, 0.1) is 0 Å². The normalized spacial score (nSPS) is 9.62. The minimum atomic E-state index is 0.507. The van der Waals surface area contributed by atoms with E-state index in [0.717, 1.165) is 24.2 Å². The largest absolute Gasteiger partial charge is 0.486 e. The lowest BCUT2D eigenvalue weighted by atomic mass is 10.4. The van der Waals surface area contributed by atoms with Gasteiger partial charge in [-0.15, -0.1) is 0 Å². The number of rotatable bonds is 6. The van der Waals surface area contributed by atoms with Gasteiger partial charge in [0.05, 0.1) is 0 Å². The standard InChI is InChI=1S/C12H12O2.CH4O/c1-3-5-13-11-8-9-7-10(9)12(11)14-6-4-2;1-2/h3-4,7-8H,1-2,5-6H2;2H,1H3. The van der Waals surface area contributed by atoms with Gasteiger partial charge in [0, 0.05) is 12.7 Å². The number of aliphatic hydroxyl groups excluding tert-OH is 1. The monoisotopic (exact) mass is 220 g/mol. The summed E-state index contributed by atoms with van der Waals surface area (Å²) < 4.78 is 10.9. The minimum absolute atomic E-state index is 0.507. The van der Waals surface area contributed by atoms with E-state index in [1.165, 1.54) is 5.56 Å². The van der Waals surface area contributed by atoms with Crippen LogP contribution in [0.25, 0.3) is 11.1 Å². The van der Waals surface area contributed by atoms with Crippen LogP contribution in [0.3, 0.4) is 0 Å². The maximum atomic E-state index is 7.00. The number of fused-ring (bicyclic) bond motifs is 1. The first-order valence-electron chi connectivity index (χ1n) is 4.97. The van der Waals surface area contributed by atoms with Gasteiger partial charge in [-0.1, -0.05) is 25.3 Å². The van der Waals surface area contributed by atoms with Crippen molar-refractivity contribution in [1.82, 2.24) is 0 Å². The van der Waals surface area contributed by atoms with E-state index in [2.05, 4.69) is 19.2 Å². The molecule has 2 aliphatic carbocycles. The summed E-state index contributed by atoms with van der Waals surface area (Å²) in [5, 5.41) is 7.00. The Morgan fingerprint density at radius 3 is 2.38 bits per heavy atom. The van der Waals surface area contributed by atoms with Gasteiger partial charge in [-0.05, 0) is 17.7 Å². The number of aliphatic hydroxyl groups is 1. The van der Waals surface area contributed by atoms with Crippen molar-refractivity contribution in [2.45, 2.75) is 0 Å². The molecule has 0 saturated heterocycles. The van der Waals surface area contributed by atoms with Crippen LogP contribution in [0.2, 0.25) is 0 Å². The quantitative estimate of drug-likeness (QED) is 0.760. The lowest BCUT2D eigenvalue weighted by Crippen LogP contribution is -1.96. The highest BCUT2D eigenvalue weighted by Gasteiger charge is 2.25. The van der Waals surface area contributed by atoms with E-state index in [-0.39, 0.29) is 0 Å². The molecule has 0 radical (unpaired) electrons. The van der Waals surface area contributed by atoms with E-state index in [1.54, 1.807) is 12.2 Å². The molecule has 0 aromatic carbocycles. The van der Waals surface area contributed by atoms with Gasteiger partial charge in [0.25, 0.3) is 0 Å². The average Bonchev–Trinajstić information content (AvgIpc) is 3.01. The molecule has 2 rings (SSSR count). The summed E-state index contributed by atoms with van der Waals surface area (Å²) in [6.07, 6.45) is 3.44. The molecular weight excluding hydrogens is 204 g/mol. The molecule has 16 heavy (non-hydrogen) atoms. The summed E-state index contributed by atoms with van der Waals surface area (Å²) in [4.78, 5) is 0. The molecule has 1 N–H and O–H groups in total. The summed E-state index contributed by atoms with van der Waals surface area (Å²) in [7, 11) is 1.00. The Labute approximate surface area is 95.6 Å². The van der Waals surface area contributed by atoms with Crippen molar-refractivity contribution < 1.29 is 14.6 Å². The number of hydrogen-bond donors (Lipinski definition) is 1. The predicted octanol–water partition coefficient (Wildman–Crippen LogP) is 2.41. The van der Waals surface area contributed by atoms with E-state index in [4.69, 9.17) is 14.6 Å². The summed E-state index contributed by atoms with van der Waals surface area (Å²) in [6.45, 7) is 8.22. The summed E-state index contributed by atoms with van der Waals surface area (Å²) in [5.74, 6) is 1.64. The lowest BCUT2D eigenvalue weighted by molar-refractivity contribution is 0.312. The van der Waals surface area contributed by atoms with Crippen molar-refractivity contribution in [1.29, 1.82) is 0 Å². The Kier molecular flexibility index (Phi) is 4.61. The van der Waals surface area contributed by atoms with Crippen LogP contribution < -0.4 is 9.47 Å². The first-order chi connectivity index (χ1) is 7.86. The van der Waals surface area contributed by atoms with Crippen molar-refractivity contribution in [2.24, 2.45) is 0 Å². The van der Waals surface area contributed by atoms with Crippen molar-refractivity contribution in [2.75, 3.05) is 20.3 Å². The molecule has 0 atom stereocenters. The molecule has 0 amide bonds. The molecule has 0 bridgehead atoms. The Morgan fingerprint density at radius 1 is 1.12 bits per heavy atom. The van der Waals surface area contributed by atoms with Gasteiger partial charge in [-0.3, -0.25) is 0 Å². The van der Waals surface area contributed by atoms with E-state index in [0.29, 0.717) is 13.2 Å². The lowest BCUT2D eigenvalue weighted by Gasteiger charge is -2.06. The second-order valence-corrected chi connectivity index (χ2v) is 3.05. The zero-order valence-corrected chi connectivity index (χ0v) is 9.40. The highest BCUT2D eigenvalue weighted by atomic mass is 16.5. The molecule has 0 fully saturated rings. The average molecular weight is 220 g/mol. The highest BCUT2D eigenvalue weighted by molar-refractivity contribution is 5.91. The van der Waals surface area contributed by atoms with Crippen molar-refractivity contribution in [3.63, 3.8) is 0 Å². The van der Waals surface area contributed by atoms with Gasteiger partial charge < -0.3 is 14.6 Å². The van der Waals surface area contributed by atoms with Gasteiger partial charge in [0.15, 0.2) is 11.5 Å². The first-order valence-corrected chi connectivity index (χ1v) is 4.97. The Balaban J connectivity index is 0.000000606. The van der Waals surface area contributed by atoms with E-state index < -0.39 is 0 Å². The van der Waals surface area contributed by atoms with Crippen LogP contribution >= 0.6 is 0 Å². The van der Waals surface area contributed by atoms with Gasteiger partial charge in [0.1, 0.15) is 13.2 Å². The van der Waals surface area contributed by atoms with Crippen LogP contribution in [0.4, 0.5) is 0 Å². The number of ether oxygens (including phenoxy) is 2. The molecule has 0 aromatic heterocycles. The molecule has 3 nitrogen and oxygen atoms in total. The number of hydrogen-bond acceptors (Lipinski definition) is 3.